The van der Waals surface area contributed by atoms with E-state index in [1.807, 2.05) is 0 Å². The van der Waals surface area contributed by atoms with Crippen LogP contribution in [0.3, 0.4) is 0 Å². The number of benzene rings is 3. The molecule has 0 fully saturated rings. The molecule has 0 saturated heterocycles. The van der Waals surface area contributed by atoms with Crippen LogP contribution < -0.4 is 15.5 Å². The third kappa shape index (κ3) is 7.19. The van der Waals surface area contributed by atoms with Crippen molar-refractivity contribution >= 4 is 58.6 Å². The molecule has 2 N–H and O–H groups in total. The Balaban J connectivity index is 1.61. The molecule has 0 aliphatic rings. The van der Waals surface area contributed by atoms with Crippen LogP contribution in [0.15, 0.2) is 65.8 Å². The number of rotatable bonds is 7. The summed E-state index contributed by atoms with van der Waals surface area (Å²) in [4.78, 5) is 12.6. The topological polar surface area (TPSA) is 84.3 Å². The Labute approximate surface area is 222 Å². The van der Waals surface area contributed by atoms with Gasteiger partial charge in [-0.1, -0.05) is 40.9 Å². The molecule has 1 heterocycles. The monoisotopic (exact) mass is 570 g/mol. The number of hydrazone groups is 1. The first-order valence-electron chi connectivity index (χ1n) is 10.1. The molecule has 0 saturated carbocycles. The number of ether oxygens (including phenoxy) is 1. The first kappa shape index (κ1) is 26.4. The minimum absolute atomic E-state index is 0.00839. The van der Waals surface area contributed by atoms with Gasteiger partial charge in [0.15, 0.2) is 5.82 Å². The molecule has 0 atom stereocenters. The maximum absolute atomic E-state index is 14.6. The van der Waals surface area contributed by atoms with Gasteiger partial charge in [-0.3, -0.25) is 0 Å². The molecule has 0 aliphatic carbocycles. The van der Waals surface area contributed by atoms with Crippen molar-refractivity contribution in [3.05, 3.63) is 87.1 Å². The Morgan fingerprint density at radius 3 is 2.24 bits per heavy atom. The highest BCUT2D eigenvalue weighted by Crippen LogP contribution is 2.31. The molecule has 37 heavy (non-hydrogen) atoms. The van der Waals surface area contributed by atoms with Crippen LogP contribution in [0.4, 0.5) is 35.1 Å². The molecule has 1 aromatic heterocycles. The SMILES string of the molecule is Fc1cccc(Cl)c1-c1nc(NN=Cc2ccc(OC(F)(F)F)cc2)nc(Nc2ccc(Cl)c(Cl)c2)n1. The van der Waals surface area contributed by atoms with Gasteiger partial charge in [0.1, 0.15) is 11.6 Å². The van der Waals surface area contributed by atoms with E-state index < -0.39 is 12.2 Å². The number of anilines is 3. The Kier molecular flexibility index (Phi) is 7.96. The number of nitrogens with zero attached hydrogens (tertiary/aromatic N) is 4. The molecule has 0 unspecified atom stereocenters. The highest BCUT2D eigenvalue weighted by molar-refractivity contribution is 6.42. The van der Waals surface area contributed by atoms with E-state index in [-0.39, 0.29) is 39.1 Å². The number of hydrogen-bond acceptors (Lipinski definition) is 7. The van der Waals surface area contributed by atoms with E-state index in [2.05, 4.69) is 35.5 Å². The quantitative estimate of drug-likeness (QED) is 0.134. The molecule has 4 aromatic rings. The van der Waals surface area contributed by atoms with Crippen molar-refractivity contribution in [2.24, 2.45) is 5.10 Å². The molecule has 3 aromatic carbocycles. The lowest BCUT2D eigenvalue weighted by molar-refractivity contribution is -0.274. The highest BCUT2D eigenvalue weighted by Gasteiger charge is 2.30. The van der Waals surface area contributed by atoms with Crippen molar-refractivity contribution in [2.45, 2.75) is 6.36 Å². The summed E-state index contributed by atoms with van der Waals surface area (Å²) in [6.45, 7) is 0. The summed E-state index contributed by atoms with van der Waals surface area (Å²) in [5.74, 6) is -1.20. The fourth-order valence-corrected chi connectivity index (χ4v) is 3.47. The summed E-state index contributed by atoms with van der Waals surface area (Å²) in [5, 5.41) is 7.61. The van der Waals surface area contributed by atoms with Crippen LogP contribution in [0.2, 0.25) is 15.1 Å². The minimum atomic E-state index is -4.79. The average Bonchev–Trinajstić information content (AvgIpc) is 2.81. The first-order chi connectivity index (χ1) is 17.6. The zero-order valence-electron chi connectivity index (χ0n) is 18.2. The molecular weight excluding hydrogens is 559 g/mol. The van der Waals surface area contributed by atoms with Gasteiger partial charge in [0.2, 0.25) is 11.9 Å². The van der Waals surface area contributed by atoms with Crippen molar-refractivity contribution in [3.8, 4) is 17.1 Å². The predicted molar refractivity (Wildman–Crippen MR) is 134 cm³/mol. The van der Waals surface area contributed by atoms with E-state index in [0.717, 1.165) is 12.1 Å². The van der Waals surface area contributed by atoms with Crippen LogP contribution in [0.25, 0.3) is 11.4 Å². The Hall–Kier alpha value is -3.67. The lowest BCUT2D eigenvalue weighted by Crippen LogP contribution is -2.17. The number of alkyl halides is 3. The van der Waals surface area contributed by atoms with E-state index in [9.17, 15) is 17.6 Å². The van der Waals surface area contributed by atoms with Crippen molar-refractivity contribution in [1.29, 1.82) is 0 Å². The van der Waals surface area contributed by atoms with E-state index >= 15 is 0 Å². The number of halogens is 7. The van der Waals surface area contributed by atoms with E-state index in [1.54, 1.807) is 18.2 Å². The van der Waals surface area contributed by atoms with Crippen molar-refractivity contribution in [3.63, 3.8) is 0 Å². The second kappa shape index (κ2) is 11.2. The fraction of sp³-hybridized carbons (Fsp3) is 0.0435. The van der Waals surface area contributed by atoms with Crippen molar-refractivity contribution < 1.29 is 22.3 Å². The summed E-state index contributed by atoms with van der Waals surface area (Å²) in [6.07, 6.45) is -3.49. The van der Waals surface area contributed by atoms with Gasteiger partial charge in [0, 0.05) is 5.69 Å². The third-order valence-electron chi connectivity index (χ3n) is 4.49. The second-order valence-corrected chi connectivity index (χ2v) is 8.37. The van der Waals surface area contributed by atoms with Gasteiger partial charge in [-0.15, -0.1) is 13.2 Å². The van der Waals surface area contributed by atoms with Gasteiger partial charge in [0.25, 0.3) is 0 Å². The summed E-state index contributed by atoms with van der Waals surface area (Å²) >= 11 is 18.2. The largest absolute Gasteiger partial charge is 0.573 e. The van der Waals surface area contributed by atoms with Gasteiger partial charge in [-0.05, 0) is 60.2 Å². The molecular formula is C23H13Cl3F4N6O. The summed E-state index contributed by atoms with van der Waals surface area (Å²) in [7, 11) is 0. The van der Waals surface area contributed by atoms with Crippen LogP contribution in [0.5, 0.6) is 5.75 Å². The first-order valence-corrected chi connectivity index (χ1v) is 11.3. The molecule has 14 heteroatoms. The molecule has 190 valence electrons. The fourth-order valence-electron chi connectivity index (χ4n) is 2.93. The van der Waals surface area contributed by atoms with Crippen LogP contribution >= 0.6 is 34.8 Å². The summed E-state index contributed by atoms with van der Waals surface area (Å²) in [6, 6.07) is 13.9. The molecule has 0 spiro atoms. The summed E-state index contributed by atoms with van der Waals surface area (Å²) < 4.78 is 55.3. The molecule has 0 amide bonds. The molecule has 0 bridgehead atoms. The standard InChI is InChI=1S/C23H13Cl3F4N6O/c24-15-9-6-13(10-17(15)26)32-21-33-20(19-16(25)2-1-3-18(19)27)34-22(35-21)36-31-11-12-4-7-14(8-5-12)37-23(28,29)30/h1-11H,(H2,32,33,34,35,36). The van der Waals surface area contributed by atoms with Crippen molar-refractivity contribution in [2.75, 3.05) is 10.7 Å². The molecule has 0 radical (unpaired) electrons. The third-order valence-corrected chi connectivity index (χ3v) is 5.54. The van der Waals surface area contributed by atoms with Crippen LogP contribution in [-0.4, -0.2) is 27.5 Å². The molecule has 7 nitrogen and oxygen atoms in total. The highest BCUT2D eigenvalue weighted by atomic mass is 35.5. The van der Waals surface area contributed by atoms with Gasteiger partial charge in [0.05, 0.1) is 26.8 Å². The van der Waals surface area contributed by atoms with Crippen molar-refractivity contribution in [1.82, 2.24) is 15.0 Å². The van der Waals surface area contributed by atoms with E-state index in [0.29, 0.717) is 16.3 Å². The molecule has 4 rings (SSSR count). The lowest BCUT2D eigenvalue weighted by Gasteiger charge is -2.11. The second-order valence-electron chi connectivity index (χ2n) is 7.14. The van der Waals surface area contributed by atoms with Crippen LogP contribution in [0.1, 0.15) is 5.56 Å². The maximum Gasteiger partial charge on any atom is 0.573 e. The number of aromatic nitrogens is 3. The Morgan fingerprint density at radius 2 is 1.57 bits per heavy atom. The van der Waals surface area contributed by atoms with Gasteiger partial charge < -0.3 is 10.1 Å². The number of hydrogen-bond donors (Lipinski definition) is 2. The normalized spacial score (nSPS) is 11.5. The van der Waals surface area contributed by atoms with Gasteiger partial charge in [-0.25, -0.2) is 9.82 Å². The van der Waals surface area contributed by atoms with Crippen LogP contribution in [-0.2, 0) is 0 Å². The summed E-state index contributed by atoms with van der Waals surface area (Å²) in [5.41, 5.74) is 3.46. The van der Waals surface area contributed by atoms with Crippen LogP contribution in [0, 0.1) is 5.82 Å². The Morgan fingerprint density at radius 1 is 0.838 bits per heavy atom. The smallest absolute Gasteiger partial charge is 0.406 e. The Bertz CT molecular complexity index is 1430. The number of nitrogens with one attached hydrogen (secondary N) is 2. The lowest BCUT2D eigenvalue weighted by atomic mass is 10.2. The predicted octanol–water partition coefficient (Wildman–Crippen LogP) is 7.73. The molecule has 0 aliphatic heterocycles. The van der Waals surface area contributed by atoms with Gasteiger partial charge in [-0.2, -0.15) is 20.1 Å². The zero-order chi connectivity index (χ0) is 26.6. The minimum Gasteiger partial charge on any atom is -0.406 e. The van der Waals surface area contributed by atoms with Gasteiger partial charge >= 0.3 is 6.36 Å². The zero-order valence-corrected chi connectivity index (χ0v) is 20.5. The van der Waals surface area contributed by atoms with E-state index in [4.69, 9.17) is 34.8 Å². The maximum atomic E-state index is 14.6. The van der Waals surface area contributed by atoms with E-state index in [1.165, 1.54) is 36.5 Å². The average molecular weight is 572 g/mol.